The van der Waals surface area contributed by atoms with Crippen molar-refractivity contribution >= 4 is 22.6 Å². The molecule has 18 heavy (non-hydrogen) atoms. The highest BCUT2D eigenvalue weighted by Gasteiger charge is 2.19. The SMILES string of the molecule is O=C(O)CCc1c[nH]c2c(F)ccc([N+](=O)[O-])c12. The summed E-state index contributed by atoms with van der Waals surface area (Å²) in [6.07, 6.45) is 1.35. The van der Waals surface area contributed by atoms with E-state index < -0.39 is 16.7 Å². The Bertz CT molecular complexity index is 635. The van der Waals surface area contributed by atoms with Gasteiger partial charge in [-0.1, -0.05) is 0 Å². The van der Waals surface area contributed by atoms with Crippen LogP contribution in [-0.2, 0) is 11.2 Å². The first-order chi connectivity index (χ1) is 8.50. The molecule has 0 aliphatic heterocycles. The van der Waals surface area contributed by atoms with Crippen LogP contribution in [0.2, 0.25) is 0 Å². The van der Waals surface area contributed by atoms with E-state index in [-0.39, 0.29) is 29.4 Å². The van der Waals surface area contributed by atoms with Crippen molar-refractivity contribution in [1.82, 2.24) is 4.98 Å². The number of non-ortho nitro benzene ring substituents is 1. The average Bonchev–Trinajstić information content (AvgIpc) is 2.71. The van der Waals surface area contributed by atoms with Crippen molar-refractivity contribution in [3.63, 3.8) is 0 Å². The van der Waals surface area contributed by atoms with Gasteiger partial charge in [0.2, 0.25) is 0 Å². The molecular weight excluding hydrogens is 243 g/mol. The molecule has 0 spiro atoms. The second kappa shape index (κ2) is 4.44. The number of nitro groups is 1. The molecule has 6 nitrogen and oxygen atoms in total. The summed E-state index contributed by atoms with van der Waals surface area (Å²) in [5.74, 6) is -1.61. The molecule has 1 aromatic carbocycles. The minimum absolute atomic E-state index is 0.0320. The van der Waals surface area contributed by atoms with Gasteiger partial charge in [0, 0.05) is 18.7 Å². The highest BCUT2D eigenvalue weighted by Crippen LogP contribution is 2.31. The zero-order chi connectivity index (χ0) is 13.3. The van der Waals surface area contributed by atoms with Gasteiger partial charge in [0.05, 0.1) is 15.8 Å². The lowest BCUT2D eigenvalue weighted by molar-refractivity contribution is -0.383. The fraction of sp³-hybridized carbons (Fsp3) is 0.182. The van der Waals surface area contributed by atoms with Gasteiger partial charge in [-0.15, -0.1) is 0 Å². The minimum Gasteiger partial charge on any atom is -0.481 e. The number of H-pyrrole nitrogens is 1. The first-order valence-corrected chi connectivity index (χ1v) is 5.15. The molecule has 2 rings (SSSR count). The Balaban J connectivity index is 2.57. The van der Waals surface area contributed by atoms with Crippen LogP contribution in [0.4, 0.5) is 10.1 Å². The smallest absolute Gasteiger partial charge is 0.303 e. The molecule has 0 fully saturated rings. The third kappa shape index (κ3) is 2.02. The molecule has 0 saturated heterocycles. The number of nitrogens with zero attached hydrogens (tertiary/aromatic N) is 1. The van der Waals surface area contributed by atoms with E-state index in [1.807, 2.05) is 0 Å². The van der Waals surface area contributed by atoms with Crippen molar-refractivity contribution in [1.29, 1.82) is 0 Å². The molecule has 7 heteroatoms. The number of fused-ring (bicyclic) bond motifs is 1. The van der Waals surface area contributed by atoms with E-state index >= 15 is 0 Å². The number of nitro benzene ring substituents is 1. The van der Waals surface area contributed by atoms with Gasteiger partial charge in [0.25, 0.3) is 5.69 Å². The molecule has 0 radical (unpaired) electrons. The largest absolute Gasteiger partial charge is 0.481 e. The van der Waals surface area contributed by atoms with Crippen LogP contribution >= 0.6 is 0 Å². The van der Waals surface area contributed by atoms with E-state index in [1.165, 1.54) is 6.20 Å². The second-order valence-electron chi connectivity index (χ2n) is 3.78. The van der Waals surface area contributed by atoms with Crippen LogP contribution in [-0.4, -0.2) is 21.0 Å². The van der Waals surface area contributed by atoms with Crippen LogP contribution in [0.5, 0.6) is 0 Å². The molecule has 0 saturated carbocycles. The van der Waals surface area contributed by atoms with Gasteiger partial charge in [-0.2, -0.15) is 0 Å². The van der Waals surface area contributed by atoms with E-state index in [1.54, 1.807) is 0 Å². The van der Waals surface area contributed by atoms with Crippen molar-refractivity contribution < 1.29 is 19.2 Å². The van der Waals surface area contributed by atoms with Crippen molar-refractivity contribution in [2.75, 3.05) is 0 Å². The molecule has 1 heterocycles. The molecule has 0 amide bonds. The average molecular weight is 252 g/mol. The number of hydrogen-bond acceptors (Lipinski definition) is 3. The summed E-state index contributed by atoms with van der Waals surface area (Å²) < 4.78 is 13.5. The number of halogens is 1. The molecule has 2 N–H and O–H groups in total. The van der Waals surface area contributed by atoms with Crippen LogP contribution < -0.4 is 0 Å². The van der Waals surface area contributed by atoms with Crippen molar-refractivity contribution in [3.8, 4) is 0 Å². The number of carboxylic acids is 1. The zero-order valence-electron chi connectivity index (χ0n) is 9.14. The topological polar surface area (TPSA) is 96.2 Å². The molecule has 0 aliphatic rings. The van der Waals surface area contributed by atoms with E-state index in [9.17, 15) is 19.3 Å². The third-order valence-corrected chi connectivity index (χ3v) is 2.65. The number of carbonyl (C=O) groups is 1. The standard InChI is InChI=1S/C11H9FN2O4/c12-7-2-3-8(14(17)18)10-6(1-4-9(15)16)5-13-11(7)10/h2-3,5,13H,1,4H2,(H,15,16). The minimum atomic E-state index is -1.01. The summed E-state index contributed by atoms with van der Waals surface area (Å²) in [5.41, 5.74) is 0.233. The van der Waals surface area contributed by atoms with E-state index in [2.05, 4.69) is 4.98 Å². The van der Waals surface area contributed by atoms with E-state index in [0.29, 0.717) is 5.56 Å². The summed E-state index contributed by atoms with van der Waals surface area (Å²) in [6, 6.07) is 2.09. The zero-order valence-corrected chi connectivity index (χ0v) is 9.14. The summed E-state index contributed by atoms with van der Waals surface area (Å²) in [4.78, 5) is 23.4. The van der Waals surface area contributed by atoms with Crippen molar-refractivity contribution in [2.24, 2.45) is 0 Å². The van der Waals surface area contributed by atoms with Gasteiger partial charge in [-0.25, -0.2) is 4.39 Å². The molecule has 0 aliphatic carbocycles. The quantitative estimate of drug-likeness (QED) is 0.644. The maximum Gasteiger partial charge on any atom is 0.303 e. The first kappa shape index (κ1) is 12.0. The van der Waals surface area contributed by atoms with Gasteiger partial charge in [-0.3, -0.25) is 14.9 Å². The lowest BCUT2D eigenvalue weighted by atomic mass is 10.1. The number of hydrogen-bond donors (Lipinski definition) is 2. The maximum atomic E-state index is 13.5. The van der Waals surface area contributed by atoms with Gasteiger partial charge in [0.1, 0.15) is 5.82 Å². The fourth-order valence-corrected chi connectivity index (χ4v) is 1.85. The summed E-state index contributed by atoms with van der Waals surface area (Å²) in [6.45, 7) is 0. The number of carboxylic acid groups (broad SMARTS) is 1. The molecular formula is C11H9FN2O4. The molecule has 1 aromatic heterocycles. The van der Waals surface area contributed by atoms with E-state index in [4.69, 9.17) is 5.11 Å². The lowest BCUT2D eigenvalue weighted by Gasteiger charge is -1.99. The monoisotopic (exact) mass is 252 g/mol. The summed E-state index contributed by atoms with van der Waals surface area (Å²) in [5, 5.41) is 19.6. The summed E-state index contributed by atoms with van der Waals surface area (Å²) in [7, 11) is 0. The Labute approximate surface area is 100 Å². The summed E-state index contributed by atoms with van der Waals surface area (Å²) >= 11 is 0. The van der Waals surface area contributed by atoms with Crippen LogP contribution in [0.3, 0.4) is 0 Å². The third-order valence-electron chi connectivity index (χ3n) is 2.65. The predicted octanol–water partition coefficient (Wildman–Crippen LogP) is 2.23. The number of aromatic nitrogens is 1. The number of benzene rings is 1. The second-order valence-corrected chi connectivity index (χ2v) is 3.78. The van der Waals surface area contributed by atoms with Gasteiger partial charge in [0.15, 0.2) is 0 Å². The fourth-order valence-electron chi connectivity index (χ4n) is 1.85. The first-order valence-electron chi connectivity index (χ1n) is 5.15. The number of nitrogens with one attached hydrogen (secondary N) is 1. The number of aryl methyl sites for hydroxylation is 1. The Hall–Kier alpha value is -2.44. The molecule has 0 atom stereocenters. The Morgan fingerprint density at radius 3 is 2.83 bits per heavy atom. The number of aliphatic carboxylic acids is 1. The van der Waals surface area contributed by atoms with Crippen molar-refractivity contribution in [2.45, 2.75) is 12.8 Å². The maximum absolute atomic E-state index is 13.5. The van der Waals surface area contributed by atoms with Gasteiger partial charge in [-0.05, 0) is 18.1 Å². The molecule has 94 valence electrons. The Morgan fingerprint density at radius 1 is 1.50 bits per heavy atom. The van der Waals surface area contributed by atoms with Crippen molar-refractivity contribution in [3.05, 3.63) is 39.8 Å². The highest BCUT2D eigenvalue weighted by molar-refractivity contribution is 5.92. The highest BCUT2D eigenvalue weighted by atomic mass is 19.1. The molecule has 0 bridgehead atoms. The lowest BCUT2D eigenvalue weighted by Crippen LogP contribution is -1.98. The Morgan fingerprint density at radius 2 is 2.22 bits per heavy atom. The van der Waals surface area contributed by atoms with Crippen LogP contribution in [0.15, 0.2) is 18.3 Å². The van der Waals surface area contributed by atoms with Gasteiger partial charge < -0.3 is 10.1 Å². The number of rotatable bonds is 4. The van der Waals surface area contributed by atoms with E-state index in [0.717, 1.165) is 12.1 Å². The van der Waals surface area contributed by atoms with Crippen LogP contribution in [0.1, 0.15) is 12.0 Å². The predicted molar refractivity (Wildman–Crippen MR) is 60.9 cm³/mol. The van der Waals surface area contributed by atoms with Gasteiger partial charge >= 0.3 is 5.97 Å². The Kier molecular flexibility index (Phi) is 2.97. The van der Waals surface area contributed by atoms with Crippen LogP contribution in [0.25, 0.3) is 10.9 Å². The molecule has 0 unspecified atom stereocenters. The van der Waals surface area contributed by atoms with Crippen LogP contribution in [0, 0.1) is 15.9 Å². The normalized spacial score (nSPS) is 10.7. The number of aromatic amines is 1. The molecule has 2 aromatic rings.